The van der Waals surface area contributed by atoms with Crippen LogP contribution in [0.2, 0.25) is 0 Å². The third-order valence-electron chi connectivity index (χ3n) is 4.79. The highest BCUT2D eigenvalue weighted by Crippen LogP contribution is 2.42. The fraction of sp³-hybridized carbons (Fsp3) is 0.533. The first-order valence-electron chi connectivity index (χ1n) is 7.16. The van der Waals surface area contributed by atoms with Gasteiger partial charge in [-0.2, -0.15) is 11.3 Å². The number of nitrogens with one attached hydrogen (secondary N) is 1. The predicted molar refractivity (Wildman–Crippen MR) is 78.4 cm³/mol. The number of rotatable bonds is 2. The van der Waals surface area contributed by atoms with Crippen molar-refractivity contribution in [3.05, 3.63) is 29.4 Å². The molecule has 0 bridgehead atoms. The molecule has 1 unspecified atom stereocenters. The van der Waals surface area contributed by atoms with E-state index in [0.717, 1.165) is 6.54 Å². The summed E-state index contributed by atoms with van der Waals surface area (Å²) in [7, 11) is 0. The Morgan fingerprint density at radius 2 is 2.37 bits per heavy atom. The van der Waals surface area contributed by atoms with Crippen molar-refractivity contribution in [2.45, 2.75) is 43.7 Å². The van der Waals surface area contributed by atoms with Crippen LogP contribution < -0.4 is 5.32 Å². The molecule has 4 rings (SSSR count). The Balaban J connectivity index is 1.64. The normalized spacial score (nSPS) is 25.4. The first-order valence-corrected chi connectivity index (χ1v) is 8.10. The summed E-state index contributed by atoms with van der Waals surface area (Å²) in [4.78, 5) is 4.39. The van der Waals surface area contributed by atoms with E-state index in [1.807, 2.05) is 12.5 Å². The molecule has 3 nitrogen and oxygen atoms in total. The molecule has 4 heteroatoms. The van der Waals surface area contributed by atoms with Crippen LogP contribution in [0.1, 0.15) is 38.1 Å². The quantitative estimate of drug-likeness (QED) is 0.908. The molecule has 0 amide bonds. The van der Waals surface area contributed by atoms with Crippen LogP contribution in [0, 0.1) is 0 Å². The molecule has 19 heavy (non-hydrogen) atoms. The van der Waals surface area contributed by atoms with E-state index >= 15 is 0 Å². The fourth-order valence-electron chi connectivity index (χ4n) is 3.58. The van der Waals surface area contributed by atoms with Gasteiger partial charge >= 0.3 is 0 Å². The summed E-state index contributed by atoms with van der Waals surface area (Å²) in [6, 6.07) is 2.80. The Morgan fingerprint density at radius 3 is 3.11 bits per heavy atom. The van der Waals surface area contributed by atoms with Crippen molar-refractivity contribution >= 4 is 11.3 Å². The van der Waals surface area contributed by atoms with Crippen LogP contribution >= 0.6 is 11.3 Å². The summed E-state index contributed by atoms with van der Waals surface area (Å²) < 4.78 is 2.41. The van der Waals surface area contributed by atoms with Gasteiger partial charge in [-0.1, -0.05) is 0 Å². The lowest BCUT2D eigenvalue weighted by molar-refractivity contribution is 0.110. The van der Waals surface area contributed by atoms with E-state index in [-0.39, 0.29) is 0 Å². The average Bonchev–Trinajstić information content (AvgIpc) is 3.07. The topological polar surface area (TPSA) is 29.9 Å². The fourth-order valence-corrected chi connectivity index (χ4v) is 4.23. The van der Waals surface area contributed by atoms with Gasteiger partial charge in [0.1, 0.15) is 0 Å². The van der Waals surface area contributed by atoms with Gasteiger partial charge in [0.05, 0.1) is 18.2 Å². The standard InChI is InChI=1S/C15H19N3S/c1-4-15(5-1)8-13(2-6-17-15)18-11-16-9-14(18)12-3-7-19-10-12/h3,7,9-11,13,17H,1-2,4-6,8H2. The largest absolute Gasteiger partial charge is 0.327 e. The molecule has 1 aliphatic carbocycles. The van der Waals surface area contributed by atoms with Crippen LogP contribution in [0.5, 0.6) is 0 Å². The van der Waals surface area contributed by atoms with Gasteiger partial charge in [0, 0.05) is 22.5 Å². The Kier molecular flexibility index (Phi) is 2.74. The highest BCUT2D eigenvalue weighted by molar-refractivity contribution is 7.08. The molecule has 1 saturated heterocycles. The summed E-state index contributed by atoms with van der Waals surface area (Å²) in [5, 5.41) is 8.10. The maximum Gasteiger partial charge on any atom is 0.0953 e. The molecule has 1 saturated carbocycles. The minimum absolute atomic E-state index is 0.444. The van der Waals surface area contributed by atoms with Crippen molar-refractivity contribution in [3.63, 3.8) is 0 Å². The van der Waals surface area contributed by atoms with Gasteiger partial charge in [-0.25, -0.2) is 4.98 Å². The zero-order valence-corrected chi connectivity index (χ0v) is 11.8. The van der Waals surface area contributed by atoms with Gasteiger partial charge in [-0.05, 0) is 50.1 Å². The van der Waals surface area contributed by atoms with E-state index < -0.39 is 0 Å². The smallest absolute Gasteiger partial charge is 0.0953 e. The molecule has 2 aromatic heterocycles. The van der Waals surface area contributed by atoms with Crippen LogP contribution in [0.4, 0.5) is 0 Å². The van der Waals surface area contributed by atoms with Crippen molar-refractivity contribution in [2.24, 2.45) is 0 Å². The Hall–Kier alpha value is -1.13. The molecule has 1 N–H and O–H groups in total. The second-order valence-electron chi connectivity index (χ2n) is 5.91. The van der Waals surface area contributed by atoms with Gasteiger partial charge < -0.3 is 9.88 Å². The van der Waals surface area contributed by atoms with Crippen molar-refractivity contribution in [2.75, 3.05) is 6.54 Å². The van der Waals surface area contributed by atoms with Crippen molar-refractivity contribution in [1.82, 2.24) is 14.9 Å². The minimum atomic E-state index is 0.444. The predicted octanol–water partition coefficient (Wildman–Crippen LogP) is 3.46. The summed E-state index contributed by atoms with van der Waals surface area (Å²) in [5.41, 5.74) is 3.03. The number of nitrogens with zero attached hydrogens (tertiary/aromatic N) is 2. The molecule has 1 aliphatic heterocycles. The molecule has 2 aromatic rings. The molecule has 2 aliphatic rings. The van der Waals surface area contributed by atoms with Crippen molar-refractivity contribution in [1.29, 1.82) is 0 Å². The number of aromatic nitrogens is 2. The monoisotopic (exact) mass is 273 g/mol. The number of piperidine rings is 1. The number of hydrogen-bond donors (Lipinski definition) is 1. The molecule has 1 atom stereocenters. The van der Waals surface area contributed by atoms with E-state index in [9.17, 15) is 0 Å². The van der Waals surface area contributed by atoms with Crippen LogP contribution in [-0.4, -0.2) is 21.6 Å². The van der Waals surface area contributed by atoms with Crippen LogP contribution in [0.25, 0.3) is 11.3 Å². The van der Waals surface area contributed by atoms with Crippen LogP contribution in [-0.2, 0) is 0 Å². The van der Waals surface area contributed by atoms with Crippen molar-refractivity contribution < 1.29 is 0 Å². The average molecular weight is 273 g/mol. The second-order valence-corrected chi connectivity index (χ2v) is 6.69. The lowest BCUT2D eigenvalue weighted by atomic mass is 9.70. The maximum atomic E-state index is 4.39. The molecule has 2 fully saturated rings. The van der Waals surface area contributed by atoms with Crippen molar-refractivity contribution in [3.8, 4) is 11.3 Å². The zero-order chi connectivity index (χ0) is 12.7. The minimum Gasteiger partial charge on any atom is -0.327 e. The summed E-state index contributed by atoms with van der Waals surface area (Å²) in [6.07, 6.45) is 10.6. The lowest BCUT2D eigenvalue weighted by Crippen LogP contribution is -2.55. The third-order valence-corrected chi connectivity index (χ3v) is 5.47. The first kappa shape index (κ1) is 11.7. The molecular weight excluding hydrogens is 254 g/mol. The van der Waals surface area contributed by atoms with Gasteiger partial charge in [-0.15, -0.1) is 0 Å². The highest BCUT2D eigenvalue weighted by atomic mass is 32.1. The Labute approximate surface area is 117 Å². The van der Waals surface area contributed by atoms with E-state index in [4.69, 9.17) is 0 Å². The summed E-state index contributed by atoms with van der Waals surface area (Å²) >= 11 is 1.76. The third kappa shape index (κ3) is 1.94. The first-order chi connectivity index (χ1) is 9.36. The van der Waals surface area contributed by atoms with Gasteiger partial charge in [0.25, 0.3) is 0 Å². The van der Waals surface area contributed by atoms with E-state index in [0.29, 0.717) is 11.6 Å². The van der Waals surface area contributed by atoms with Gasteiger partial charge in [-0.3, -0.25) is 0 Å². The number of hydrogen-bond acceptors (Lipinski definition) is 3. The second kappa shape index (κ2) is 4.46. The van der Waals surface area contributed by atoms with E-state index in [1.165, 1.54) is 43.4 Å². The molecule has 3 heterocycles. The Bertz CT molecular complexity index is 554. The Morgan fingerprint density at radius 1 is 1.42 bits per heavy atom. The lowest BCUT2D eigenvalue weighted by Gasteiger charge is -2.48. The zero-order valence-electron chi connectivity index (χ0n) is 11.0. The number of imidazole rings is 1. The van der Waals surface area contributed by atoms with Gasteiger partial charge in [0.2, 0.25) is 0 Å². The van der Waals surface area contributed by atoms with Crippen LogP contribution in [0.15, 0.2) is 29.4 Å². The van der Waals surface area contributed by atoms with Gasteiger partial charge in [0.15, 0.2) is 0 Å². The maximum absolute atomic E-state index is 4.39. The van der Waals surface area contributed by atoms with Crippen LogP contribution in [0.3, 0.4) is 0 Å². The molecule has 100 valence electrons. The summed E-state index contributed by atoms with van der Waals surface area (Å²) in [6.45, 7) is 1.14. The highest BCUT2D eigenvalue weighted by Gasteiger charge is 2.41. The van der Waals surface area contributed by atoms with E-state index in [2.05, 4.69) is 31.7 Å². The molecule has 1 spiro atoms. The SMILES string of the molecule is c1cc(-c2cncn2C2CCNC3(CCC3)C2)cs1. The van der Waals surface area contributed by atoms with E-state index in [1.54, 1.807) is 11.3 Å². The summed E-state index contributed by atoms with van der Waals surface area (Å²) in [5.74, 6) is 0. The molecular formula is C15H19N3S. The molecule has 0 aromatic carbocycles. The number of thiophene rings is 1. The molecule has 0 radical (unpaired) electrons.